The lowest BCUT2D eigenvalue weighted by Crippen LogP contribution is -2.40. The van der Waals surface area contributed by atoms with E-state index in [4.69, 9.17) is 20.4 Å². The Kier molecular flexibility index (Phi) is 2.41. The highest BCUT2D eigenvalue weighted by Crippen LogP contribution is 2.22. The third-order valence-electron chi connectivity index (χ3n) is 1.60. The molecule has 0 fully saturated rings. The van der Waals surface area contributed by atoms with Gasteiger partial charge >= 0.3 is 0 Å². The topological polar surface area (TPSA) is 113 Å². The van der Waals surface area contributed by atoms with Crippen molar-refractivity contribution < 1.29 is 30.3 Å². The summed E-state index contributed by atoms with van der Waals surface area (Å²) in [5, 5.41) is 45.8. The molecule has 6 nitrogen and oxygen atoms in total. The molecule has 0 radical (unpaired) electrons. The smallest absolute Gasteiger partial charge is 0.267 e. The average Bonchev–Trinajstić information content (AvgIpc) is 2.32. The first-order valence-corrected chi connectivity index (χ1v) is 3.31. The molecule has 0 aromatic rings. The largest absolute Gasteiger partial charge is 0.869 e. The number of hydrogen-bond acceptors (Lipinski definition) is 6. The van der Waals surface area contributed by atoms with Crippen molar-refractivity contribution in [2.45, 2.75) is 18.3 Å². The zero-order chi connectivity index (χ0) is 9.30. The summed E-state index contributed by atoms with van der Waals surface area (Å²) >= 11 is 0. The second-order valence-corrected chi connectivity index (χ2v) is 2.45. The van der Waals surface area contributed by atoms with Crippen molar-refractivity contribution in [3.63, 3.8) is 0 Å². The first kappa shape index (κ1) is 9.11. The van der Waals surface area contributed by atoms with E-state index in [1.807, 2.05) is 0 Å². The molecular formula is C6H9O6-. The molecule has 1 aliphatic rings. The van der Waals surface area contributed by atoms with Gasteiger partial charge < -0.3 is 30.3 Å². The number of hydrogen-bond donors (Lipinski definition) is 4. The van der Waals surface area contributed by atoms with Gasteiger partial charge in [0.1, 0.15) is 12.2 Å². The van der Waals surface area contributed by atoms with E-state index in [1.54, 1.807) is 0 Å². The van der Waals surface area contributed by atoms with Crippen LogP contribution >= 0.6 is 0 Å². The number of aliphatic hydroxyl groups excluding tert-OH is 4. The lowest BCUT2D eigenvalue weighted by molar-refractivity contribution is -0.322. The minimum Gasteiger partial charge on any atom is -0.869 e. The van der Waals surface area contributed by atoms with Crippen molar-refractivity contribution in [3.8, 4) is 0 Å². The van der Waals surface area contributed by atoms with Crippen LogP contribution in [0.2, 0.25) is 0 Å². The maximum Gasteiger partial charge on any atom is 0.267 e. The summed E-state index contributed by atoms with van der Waals surface area (Å²) in [4.78, 5) is 0. The Morgan fingerprint density at radius 3 is 2.50 bits per heavy atom. The van der Waals surface area contributed by atoms with Crippen molar-refractivity contribution >= 4 is 0 Å². The van der Waals surface area contributed by atoms with Crippen molar-refractivity contribution in [1.29, 1.82) is 0 Å². The van der Waals surface area contributed by atoms with Gasteiger partial charge in [0.05, 0.1) is 6.61 Å². The summed E-state index contributed by atoms with van der Waals surface area (Å²) in [5.74, 6) is -1.91. The molecule has 0 bridgehead atoms. The number of aliphatic hydroxyl groups is 4. The van der Waals surface area contributed by atoms with Crippen LogP contribution in [-0.2, 0) is 4.74 Å². The molecule has 0 aromatic heterocycles. The predicted molar refractivity (Wildman–Crippen MR) is 33.6 cm³/mol. The molecular weight excluding hydrogens is 168 g/mol. The summed E-state index contributed by atoms with van der Waals surface area (Å²) in [7, 11) is 0. The van der Waals surface area contributed by atoms with Crippen molar-refractivity contribution in [2.24, 2.45) is 0 Å². The van der Waals surface area contributed by atoms with E-state index >= 15 is 0 Å². The van der Waals surface area contributed by atoms with Crippen molar-refractivity contribution in [1.82, 2.24) is 0 Å². The van der Waals surface area contributed by atoms with Crippen LogP contribution in [0.4, 0.5) is 0 Å². The second-order valence-electron chi connectivity index (χ2n) is 2.45. The summed E-state index contributed by atoms with van der Waals surface area (Å²) in [6.45, 7) is -0.651. The van der Waals surface area contributed by atoms with E-state index in [-0.39, 0.29) is 0 Å². The van der Waals surface area contributed by atoms with Crippen molar-refractivity contribution in [3.05, 3.63) is 11.7 Å². The molecule has 0 amide bonds. The summed E-state index contributed by atoms with van der Waals surface area (Å²) < 4.78 is 4.40. The highest BCUT2D eigenvalue weighted by molar-refractivity contribution is 5.08. The van der Waals surface area contributed by atoms with Gasteiger partial charge in [0, 0.05) is 0 Å². The van der Waals surface area contributed by atoms with E-state index in [1.165, 1.54) is 0 Å². The third kappa shape index (κ3) is 1.31. The highest BCUT2D eigenvalue weighted by atomic mass is 16.6. The van der Waals surface area contributed by atoms with Gasteiger partial charge in [-0.15, -0.1) is 0 Å². The van der Waals surface area contributed by atoms with Crippen LogP contribution in [-0.4, -0.2) is 45.3 Å². The predicted octanol–water partition coefficient (Wildman–Crippen LogP) is -2.81. The van der Waals surface area contributed by atoms with Gasteiger partial charge in [0.15, 0.2) is 6.10 Å². The van der Waals surface area contributed by atoms with Gasteiger partial charge in [0.2, 0.25) is 0 Å². The summed E-state index contributed by atoms with van der Waals surface area (Å²) in [5.41, 5.74) is 0. The number of rotatable bonds is 2. The van der Waals surface area contributed by atoms with Crippen LogP contribution in [0.15, 0.2) is 11.7 Å². The van der Waals surface area contributed by atoms with E-state index in [9.17, 15) is 5.11 Å². The van der Waals surface area contributed by atoms with Crippen LogP contribution in [0.1, 0.15) is 0 Å². The second kappa shape index (κ2) is 3.18. The molecule has 6 heteroatoms. The number of ether oxygens (including phenoxy) is 1. The SMILES string of the molecule is [O-]C1=C(O)O[C@H]([C@@H](O)CO)C1O. The van der Waals surface area contributed by atoms with Gasteiger partial charge in [-0.05, 0) is 5.76 Å². The summed E-state index contributed by atoms with van der Waals surface area (Å²) in [6, 6.07) is 0. The Morgan fingerprint density at radius 2 is 2.17 bits per heavy atom. The lowest BCUT2D eigenvalue weighted by Gasteiger charge is -2.20. The first-order chi connectivity index (χ1) is 5.57. The molecule has 0 saturated heterocycles. The Morgan fingerprint density at radius 1 is 1.58 bits per heavy atom. The molecule has 0 aliphatic carbocycles. The van der Waals surface area contributed by atoms with E-state index in [2.05, 4.69) is 4.74 Å². The molecule has 1 unspecified atom stereocenters. The molecule has 1 heterocycles. The minimum atomic E-state index is -1.60. The van der Waals surface area contributed by atoms with Crippen LogP contribution < -0.4 is 5.11 Å². The maximum absolute atomic E-state index is 10.7. The molecule has 1 rings (SSSR count). The standard InChI is InChI=1S/C6H10O6/c7-1-2(8)5-3(9)4(10)6(11)12-5/h2-3,5,7-11H,1H2/p-1/t2-,3?,5+/m0/s1. The lowest BCUT2D eigenvalue weighted by atomic mass is 10.1. The third-order valence-corrected chi connectivity index (χ3v) is 1.60. The molecule has 1 aliphatic heterocycles. The monoisotopic (exact) mass is 177 g/mol. The van der Waals surface area contributed by atoms with Gasteiger partial charge in [-0.3, -0.25) is 0 Å². The fourth-order valence-corrected chi connectivity index (χ4v) is 0.920. The minimum absolute atomic E-state index is 0.651. The van der Waals surface area contributed by atoms with Crippen molar-refractivity contribution in [2.75, 3.05) is 6.61 Å². The van der Waals surface area contributed by atoms with Gasteiger partial charge in [-0.1, -0.05) is 0 Å². The van der Waals surface area contributed by atoms with Crippen LogP contribution in [0.5, 0.6) is 0 Å². The van der Waals surface area contributed by atoms with E-state index in [0.29, 0.717) is 0 Å². The molecule has 3 atom stereocenters. The fourth-order valence-electron chi connectivity index (χ4n) is 0.920. The van der Waals surface area contributed by atoms with Gasteiger partial charge in [-0.25, -0.2) is 0 Å². The highest BCUT2D eigenvalue weighted by Gasteiger charge is 2.35. The normalized spacial score (nSPS) is 31.9. The zero-order valence-corrected chi connectivity index (χ0v) is 6.04. The Balaban J connectivity index is 2.66. The molecule has 0 spiro atoms. The Hall–Kier alpha value is -0.980. The van der Waals surface area contributed by atoms with Crippen LogP contribution in [0, 0.1) is 0 Å². The Labute approximate surface area is 68.0 Å². The van der Waals surface area contributed by atoms with Gasteiger partial charge in [-0.2, -0.15) is 0 Å². The fraction of sp³-hybridized carbons (Fsp3) is 0.667. The van der Waals surface area contributed by atoms with E-state index < -0.39 is 36.6 Å². The van der Waals surface area contributed by atoms with Gasteiger partial charge in [0.25, 0.3) is 5.95 Å². The Bertz CT molecular complexity index is 200. The average molecular weight is 177 g/mol. The molecule has 0 saturated carbocycles. The molecule has 0 aromatic carbocycles. The maximum atomic E-state index is 10.7. The van der Waals surface area contributed by atoms with E-state index in [0.717, 1.165) is 0 Å². The zero-order valence-electron chi connectivity index (χ0n) is 6.04. The molecule has 12 heavy (non-hydrogen) atoms. The van der Waals surface area contributed by atoms with Crippen LogP contribution in [0.25, 0.3) is 0 Å². The molecule has 4 N–H and O–H groups in total. The molecule has 70 valence electrons. The summed E-state index contributed by atoms with van der Waals surface area (Å²) in [6.07, 6.45) is -4.26. The first-order valence-electron chi connectivity index (χ1n) is 3.31. The quantitative estimate of drug-likeness (QED) is 0.362. The van der Waals surface area contributed by atoms with Crippen LogP contribution in [0.3, 0.4) is 0 Å².